The molecule has 1 aromatic carbocycles. The Balaban J connectivity index is 1.54. The summed E-state index contributed by atoms with van der Waals surface area (Å²) in [5.41, 5.74) is 5.86. The van der Waals surface area contributed by atoms with Gasteiger partial charge in [-0.3, -0.25) is 14.7 Å². The highest BCUT2D eigenvalue weighted by molar-refractivity contribution is 5.77. The zero-order valence-corrected chi connectivity index (χ0v) is 23.6. The topological polar surface area (TPSA) is 80.9 Å². The van der Waals surface area contributed by atoms with Crippen molar-refractivity contribution in [1.82, 2.24) is 29.2 Å². The molecule has 0 saturated carbocycles. The molecule has 1 aliphatic rings. The van der Waals surface area contributed by atoms with E-state index < -0.39 is 0 Å². The van der Waals surface area contributed by atoms with Crippen molar-refractivity contribution in [3.63, 3.8) is 0 Å². The largest absolute Gasteiger partial charge is 0.324 e. The molecule has 0 spiro atoms. The first-order valence-corrected chi connectivity index (χ1v) is 13.6. The summed E-state index contributed by atoms with van der Waals surface area (Å²) < 4.78 is 3.65. The van der Waals surface area contributed by atoms with Gasteiger partial charge in [-0.2, -0.15) is 4.98 Å². The molecule has 5 rings (SSSR count). The van der Waals surface area contributed by atoms with Crippen molar-refractivity contribution in [2.45, 2.75) is 72.9 Å². The van der Waals surface area contributed by atoms with E-state index in [0.717, 1.165) is 43.1 Å². The lowest BCUT2D eigenvalue weighted by atomic mass is 9.91. The SMILES string of the molecule is CC(C)CN1CCc2ccc(Nc3ncc4c(=O)n(C(C)C)n(-c5ccnc(C(C)(C)C)c5)c4n3)cc2C1. The molecule has 8 nitrogen and oxygen atoms in total. The number of rotatable bonds is 6. The third kappa shape index (κ3) is 5.10. The molecule has 0 atom stereocenters. The van der Waals surface area contributed by atoms with Crippen LogP contribution in [0.1, 0.15) is 71.3 Å². The summed E-state index contributed by atoms with van der Waals surface area (Å²) in [5.74, 6) is 1.11. The van der Waals surface area contributed by atoms with E-state index in [0.29, 0.717) is 22.9 Å². The Morgan fingerprint density at radius 3 is 2.53 bits per heavy atom. The normalized spacial score (nSPS) is 14.4. The molecule has 0 aliphatic carbocycles. The van der Waals surface area contributed by atoms with Crippen molar-refractivity contribution in [1.29, 1.82) is 0 Å². The van der Waals surface area contributed by atoms with Crippen LogP contribution in [0, 0.1) is 5.92 Å². The van der Waals surface area contributed by atoms with Crippen LogP contribution in [0.4, 0.5) is 11.6 Å². The fourth-order valence-corrected chi connectivity index (χ4v) is 5.23. The maximum atomic E-state index is 13.4. The van der Waals surface area contributed by atoms with E-state index in [4.69, 9.17) is 4.98 Å². The molecule has 38 heavy (non-hydrogen) atoms. The third-order valence-corrected chi connectivity index (χ3v) is 7.05. The van der Waals surface area contributed by atoms with Crippen molar-refractivity contribution < 1.29 is 0 Å². The highest BCUT2D eigenvalue weighted by Gasteiger charge is 2.22. The highest BCUT2D eigenvalue weighted by Crippen LogP contribution is 2.27. The molecule has 0 amide bonds. The van der Waals surface area contributed by atoms with Crippen LogP contribution >= 0.6 is 0 Å². The molecule has 8 heteroatoms. The summed E-state index contributed by atoms with van der Waals surface area (Å²) in [6.07, 6.45) is 4.51. The molecule has 1 N–H and O–H groups in total. The number of nitrogens with one attached hydrogen (secondary N) is 1. The van der Waals surface area contributed by atoms with Gasteiger partial charge in [0.05, 0.1) is 5.69 Å². The van der Waals surface area contributed by atoms with Gasteiger partial charge in [0.15, 0.2) is 5.65 Å². The van der Waals surface area contributed by atoms with Gasteiger partial charge in [-0.1, -0.05) is 40.7 Å². The zero-order chi connectivity index (χ0) is 27.2. The molecular weight excluding hydrogens is 474 g/mol. The minimum Gasteiger partial charge on any atom is -0.324 e. The van der Waals surface area contributed by atoms with E-state index in [9.17, 15) is 4.79 Å². The van der Waals surface area contributed by atoms with E-state index in [2.05, 4.69) is 73.0 Å². The minimum absolute atomic E-state index is 0.0613. The first kappa shape index (κ1) is 26.1. The van der Waals surface area contributed by atoms with Crippen molar-refractivity contribution in [3.05, 3.63) is 69.9 Å². The summed E-state index contributed by atoms with van der Waals surface area (Å²) in [6.45, 7) is 18.1. The molecule has 3 aromatic heterocycles. The van der Waals surface area contributed by atoms with Crippen molar-refractivity contribution in [3.8, 4) is 5.69 Å². The third-order valence-electron chi connectivity index (χ3n) is 7.05. The standard InChI is InChI=1S/C30H39N7O/c1-19(2)17-35-13-11-21-8-9-23(14-22(21)18-35)33-29-32-16-25-27(34-29)37(36(20(3)4)28(25)38)24-10-12-31-26(15-24)30(5,6)7/h8-10,12,14-16,19-20H,11,13,17-18H2,1-7H3,(H,32,33,34). The number of benzene rings is 1. The Hall–Kier alpha value is -3.52. The predicted molar refractivity (Wildman–Crippen MR) is 154 cm³/mol. The fraction of sp³-hybridized carbons (Fsp3) is 0.467. The van der Waals surface area contributed by atoms with E-state index in [1.165, 1.54) is 11.1 Å². The second-order valence-corrected chi connectivity index (χ2v) is 12.1. The molecule has 0 bridgehead atoms. The Bertz CT molecular complexity index is 1520. The number of pyridine rings is 1. The van der Waals surface area contributed by atoms with Crippen LogP contribution < -0.4 is 10.9 Å². The quantitative estimate of drug-likeness (QED) is 0.361. The van der Waals surface area contributed by atoms with Crippen LogP contribution in [0.5, 0.6) is 0 Å². The number of fused-ring (bicyclic) bond motifs is 2. The molecule has 1 aliphatic heterocycles. The number of hydrogen-bond donors (Lipinski definition) is 1. The number of nitrogens with zero attached hydrogens (tertiary/aromatic N) is 6. The van der Waals surface area contributed by atoms with Crippen LogP contribution in [0.3, 0.4) is 0 Å². The maximum Gasteiger partial charge on any atom is 0.278 e. The average Bonchev–Trinajstić information content (AvgIpc) is 3.15. The Labute approximate surface area is 224 Å². The lowest BCUT2D eigenvalue weighted by molar-refractivity contribution is 0.226. The van der Waals surface area contributed by atoms with Crippen LogP contribution in [0.15, 0.2) is 47.5 Å². The number of anilines is 2. The van der Waals surface area contributed by atoms with Crippen molar-refractivity contribution >= 4 is 22.7 Å². The van der Waals surface area contributed by atoms with Gasteiger partial charge in [0.1, 0.15) is 5.39 Å². The molecule has 0 unspecified atom stereocenters. The summed E-state index contributed by atoms with van der Waals surface area (Å²) in [6, 6.07) is 10.4. The zero-order valence-electron chi connectivity index (χ0n) is 23.6. The van der Waals surface area contributed by atoms with Gasteiger partial charge in [-0.25, -0.2) is 14.3 Å². The lowest BCUT2D eigenvalue weighted by Gasteiger charge is -2.30. The summed E-state index contributed by atoms with van der Waals surface area (Å²) >= 11 is 0. The van der Waals surface area contributed by atoms with E-state index in [1.807, 2.05) is 30.7 Å². The average molecular weight is 514 g/mol. The molecule has 0 radical (unpaired) electrons. The Morgan fingerprint density at radius 1 is 1.03 bits per heavy atom. The molecule has 200 valence electrons. The van der Waals surface area contributed by atoms with E-state index in [-0.39, 0.29) is 17.0 Å². The van der Waals surface area contributed by atoms with Crippen LogP contribution in [-0.2, 0) is 18.4 Å². The lowest BCUT2D eigenvalue weighted by Crippen LogP contribution is -2.33. The first-order chi connectivity index (χ1) is 18.0. The second kappa shape index (κ2) is 9.98. The van der Waals surface area contributed by atoms with Crippen molar-refractivity contribution in [2.24, 2.45) is 5.92 Å². The van der Waals surface area contributed by atoms with Gasteiger partial charge < -0.3 is 5.32 Å². The summed E-state index contributed by atoms with van der Waals surface area (Å²) in [4.78, 5) is 29.9. The number of hydrogen-bond acceptors (Lipinski definition) is 6. The van der Waals surface area contributed by atoms with Crippen LogP contribution in [0.25, 0.3) is 16.7 Å². The van der Waals surface area contributed by atoms with Gasteiger partial charge in [0.25, 0.3) is 5.56 Å². The fourth-order valence-electron chi connectivity index (χ4n) is 5.23. The monoisotopic (exact) mass is 513 g/mol. The van der Waals surface area contributed by atoms with Crippen LogP contribution in [-0.4, -0.2) is 42.3 Å². The second-order valence-electron chi connectivity index (χ2n) is 12.1. The number of aromatic nitrogens is 5. The molecule has 0 saturated heterocycles. The minimum atomic E-state index is -0.124. The van der Waals surface area contributed by atoms with Gasteiger partial charge in [0, 0.05) is 54.9 Å². The van der Waals surface area contributed by atoms with Crippen LogP contribution in [0.2, 0.25) is 0 Å². The molecule has 4 heterocycles. The van der Waals surface area contributed by atoms with Gasteiger partial charge >= 0.3 is 0 Å². The molecular formula is C30H39N7O. The first-order valence-electron chi connectivity index (χ1n) is 13.6. The maximum absolute atomic E-state index is 13.4. The van der Waals surface area contributed by atoms with Gasteiger partial charge in [-0.15, -0.1) is 0 Å². The molecule has 4 aromatic rings. The van der Waals surface area contributed by atoms with E-state index in [1.54, 1.807) is 17.1 Å². The predicted octanol–water partition coefficient (Wildman–Crippen LogP) is 5.61. The molecule has 0 fully saturated rings. The van der Waals surface area contributed by atoms with Crippen molar-refractivity contribution in [2.75, 3.05) is 18.4 Å². The highest BCUT2D eigenvalue weighted by atomic mass is 16.1. The van der Waals surface area contributed by atoms with E-state index >= 15 is 0 Å². The van der Waals surface area contributed by atoms with Gasteiger partial charge in [-0.05, 0) is 61.6 Å². The Morgan fingerprint density at radius 2 is 1.82 bits per heavy atom. The smallest absolute Gasteiger partial charge is 0.278 e. The summed E-state index contributed by atoms with van der Waals surface area (Å²) in [7, 11) is 0. The summed E-state index contributed by atoms with van der Waals surface area (Å²) in [5, 5.41) is 3.89. The van der Waals surface area contributed by atoms with Gasteiger partial charge in [0.2, 0.25) is 5.95 Å². The Kier molecular flexibility index (Phi) is 6.86.